The van der Waals surface area contributed by atoms with Gasteiger partial charge in [-0.15, -0.1) is 0 Å². The topological polar surface area (TPSA) is 48.9 Å². The van der Waals surface area contributed by atoms with Crippen molar-refractivity contribution in [3.63, 3.8) is 0 Å². The van der Waals surface area contributed by atoms with Crippen LogP contribution in [0.3, 0.4) is 0 Å². The Morgan fingerprint density at radius 1 is 1.28 bits per heavy atom. The van der Waals surface area contributed by atoms with Crippen LogP contribution >= 0.6 is 0 Å². The highest BCUT2D eigenvalue weighted by Gasteiger charge is 2.25. The summed E-state index contributed by atoms with van der Waals surface area (Å²) in [4.78, 5) is 23.3. The van der Waals surface area contributed by atoms with Crippen molar-refractivity contribution in [1.82, 2.24) is 19.7 Å². The number of pyridine rings is 1. The van der Waals surface area contributed by atoms with E-state index in [1.165, 1.54) is 0 Å². The molecule has 0 radical (unpaired) electrons. The molecule has 2 aliphatic heterocycles. The minimum Gasteiger partial charge on any atom is -0.379 e. The molecule has 25 heavy (non-hydrogen) atoms. The lowest BCUT2D eigenvalue weighted by atomic mass is 9.96. The smallest absolute Gasteiger partial charge is 0.236 e. The zero-order valence-corrected chi connectivity index (χ0v) is 15.3. The molecule has 1 aromatic rings. The molecule has 2 fully saturated rings. The Bertz CT molecular complexity index is 525. The van der Waals surface area contributed by atoms with Crippen LogP contribution in [0.5, 0.6) is 0 Å². The van der Waals surface area contributed by atoms with Gasteiger partial charge in [0.15, 0.2) is 0 Å². The van der Waals surface area contributed by atoms with E-state index in [0.717, 1.165) is 76.8 Å². The molecule has 3 rings (SSSR count). The lowest BCUT2D eigenvalue weighted by molar-refractivity contribution is -0.133. The first-order valence-corrected chi connectivity index (χ1v) is 9.36. The van der Waals surface area contributed by atoms with Crippen LogP contribution in [0.4, 0.5) is 0 Å². The Morgan fingerprint density at radius 3 is 2.72 bits per heavy atom. The third kappa shape index (κ3) is 5.76. The zero-order valence-electron chi connectivity index (χ0n) is 15.3. The van der Waals surface area contributed by atoms with Crippen LogP contribution in [0, 0.1) is 5.92 Å². The van der Waals surface area contributed by atoms with Gasteiger partial charge in [-0.05, 0) is 37.4 Å². The SMILES string of the molecule is CN(CC(=O)N1CCC(CN2CCOCC2)CC1)Cc1cccnc1. The second-order valence-corrected chi connectivity index (χ2v) is 7.27. The molecule has 6 nitrogen and oxygen atoms in total. The largest absolute Gasteiger partial charge is 0.379 e. The number of piperidine rings is 1. The normalized spacial score (nSPS) is 20.2. The summed E-state index contributed by atoms with van der Waals surface area (Å²) in [7, 11) is 2.00. The molecule has 2 saturated heterocycles. The van der Waals surface area contributed by atoms with Crippen LogP contribution in [-0.2, 0) is 16.1 Å². The minimum atomic E-state index is 0.246. The van der Waals surface area contributed by atoms with Crippen molar-refractivity contribution >= 4 is 5.91 Å². The molecular formula is C19H30N4O2. The summed E-state index contributed by atoms with van der Waals surface area (Å²) in [6, 6.07) is 3.98. The number of nitrogens with zero attached hydrogens (tertiary/aromatic N) is 4. The van der Waals surface area contributed by atoms with E-state index < -0.39 is 0 Å². The highest BCUT2D eigenvalue weighted by atomic mass is 16.5. The summed E-state index contributed by atoms with van der Waals surface area (Å²) >= 11 is 0. The van der Waals surface area contributed by atoms with Gasteiger partial charge >= 0.3 is 0 Å². The van der Waals surface area contributed by atoms with E-state index in [9.17, 15) is 4.79 Å². The first-order chi connectivity index (χ1) is 12.2. The van der Waals surface area contributed by atoms with Gasteiger partial charge in [-0.25, -0.2) is 0 Å². The van der Waals surface area contributed by atoms with Gasteiger partial charge in [0.05, 0.1) is 19.8 Å². The Hall–Kier alpha value is -1.50. The standard InChI is InChI=1S/C19H30N4O2/c1-21(14-18-3-2-6-20-13-18)16-19(24)23-7-4-17(5-8-23)15-22-9-11-25-12-10-22/h2-3,6,13,17H,4-5,7-12,14-16H2,1H3. The molecule has 1 aromatic heterocycles. The number of carbonyl (C=O) groups excluding carboxylic acids is 1. The summed E-state index contributed by atoms with van der Waals surface area (Å²) in [6.45, 7) is 8.02. The molecule has 0 aliphatic carbocycles. The van der Waals surface area contributed by atoms with Crippen LogP contribution in [0.15, 0.2) is 24.5 Å². The molecule has 2 aliphatic rings. The monoisotopic (exact) mass is 346 g/mol. The molecule has 1 amide bonds. The molecule has 0 aromatic carbocycles. The number of hydrogen-bond acceptors (Lipinski definition) is 5. The van der Waals surface area contributed by atoms with Crippen molar-refractivity contribution in [3.8, 4) is 0 Å². The average Bonchev–Trinajstić information content (AvgIpc) is 2.64. The molecule has 0 atom stereocenters. The van der Waals surface area contributed by atoms with E-state index in [-0.39, 0.29) is 5.91 Å². The predicted octanol–water partition coefficient (Wildman–Crippen LogP) is 1.08. The Kier molecular flexibility index (Phi) is 6.78. The number of likely N-dealkylation sites (N-methyl/N-ethyl adjacent to an activating group) is 1. The third-order valence-corrected chi connectivity index (χ3v) is 5.17. The Morgan fingerprint density at radius 2 is 2.04 bits per heavy atom. The molecule has 3 heterocycles. The number of ether oxygens (including phenoxy) is 1. The van der Waals surface area contributed by atoms with Crippen molar-refractivity contribution in [1.29, 1.82) is 0 Å². The predicted molar refractivity (Wildman–Crippen MR) is 97.1 cm³/mol. The fraction of sp³-hybridized carbons (Fsp3) is 0.684. The van der Waals surface area contributed by atoms with Gasteiger partial charge in [0.2, 0.25) is 5.91 Å². The lowest BCUT2D eigenvalue weighted by Gasteiger charge is -2.36. The van der Waals surface area contributed by atoms with Crippen LogP contribution in [-0.4, -0.2) is 85.1 Å². The quantitative estimate of drug-likeness (QED) is 0.772. The minimum absolute atomic E-state index is 0.246. The molecule has 138 valence electrons. The van der Waals surface area contributed by atoms with Gasteiger partial charge in [0.25, 0.3) is 0 Å². The number of rotatable bonds is 6. The van der Waals surface area contributed by atoms with Gasteiger partial charge < -0.3 is 9.64 Å². The van der Waals surface area contributed by atoms with Gasteiger partial charge in [-0.1, -0.05) is 6.07 Å². The van der Waals surface area contributed by atoms with E-state index in [2.05, 4.69) is 14.8 Å². The Balaban J connectivity index is 1.37. The van der Waals surface area contributed by atoms with Crippen molar-refractivity contribution in [3.05, 3.63) is 30.1 Å². The van der Waals surface area contributed by atoms with Crippen molar-refractivity contribution in [2.45, 2.75) is 19.4 Å². The molecule has 0 unspecified atom stereocenters. The highest BCUT2D eigenvalue weighted by Crippen LogP contribution is 2.19. The molecule has 0 spiro atoms. The fourth-order valence-corrected chi connectivity index (χ4v) is 3.70. The van der Waals surface area contributed by atoms with Gasteiger partial charge in [0, 0.05) is 51.7 Å². The first-order valence-electron chi connectivity index (χ1n) is 9.36. The lowest BCUT2D eigenvalue weighted by Crippen LogP contribution is -2.46. The molecule has 6 heteroatoms. The second-order valence-electron chi connectivity index (χ2n) is 7.27. The second kappa shape index (κ2) is 9.27. The third-order valence-electron chi connectivity index (χ3n) is 5.17. The molecular weight excluding hydrogens is 316 g/mol. The van der Waals surface area contributed by atoms with Gasteiger partial charge in [0.1, 0.15) is 0 Å². The highest BCUT2D eigenvalue weighted by molar-refractivity contribution is 5.78. The van der Waals surface area contributed by atoms with Crippen LogP contribution in [0.25, 0.3) is 0 Å². The van der Waals surface area contributed by atoms with Crippen molar-refractivity contribution in [2.24, 2.45) is 5.92 Å². The summed E-state index contributed by atoms with van der Waals surface area (Å²) < 4.78 is 5.41. The van der Waals surface area contributed by atoms with E-state index in [0.29, 0.717) is 6.54 Å². The molecule has 0 N–H and O–H groups in total. The van der Waals surface area contributed by atoms with Crippen LogP contribution < -0.4 is 0 Å². The van der Waals surface area contributed by atoms with Crippen LogP contribution in [0.1, 0.15) is 18.4 Å². The number of morpholine rings is 1. The fourth-order valence-electron chi connectivity index (χ4n) is 3.70. The van der Waals surface area contributed by atoms with Crippen molar-refractivity contribution < 1.29 is 9.53 Å². The summed E-state index contributed by atoms with van der Waals surface area (Å²) in [5.74, 6) is 0.964. The average molecular weight is 346 g/mol. The number of aromatic nitrogens is 1. The van der Waals surface area contributed by atoms with Gasteiger partial charge in [-0.2, -0.15) is 0 Å². The van der Waals surface area contributed by atoms with Gasteiger partial charge in [-0.3, -0.25) is 19.6 Å². The summed E-state index contributed by atoms with van der Waals surface area (Å²) in [5, 5.41) is 0. The van der Waals surface area contributed by atoms with Crippen LogP contribution in [0.2, 0.25) is 0 Å². The van der Waals surface area contributed by atoms with E-state index in [4.69, 9.17) is 4.74 Å². The van der Waals surface area contributed by atoms with E-state index in [1.54, 1.807) is 6.20 Å². The number of likely N-dealkylation sites (tertiary alicyclic amines) is 1. The zero-order chi connectivity index (χ0) is 17.5. The maximum absolute atomic E-state index is 12.5. The van der Waals surface area contributed by atoms with Crippen molar-refractivity contribution in [2.75, 3.05) is 59.5 Å². The number of amides is 1. The number of hydrogen-bond donors (Lipinski definition) is 0. The maximum Gasteiger partial charge on any atom is 0.236 e. The Labute approximate surface area is 150 Å². The molecule has 0 saturated carbocycles. The first kappa shape index (κ1) is 18.3. The maximum atomic E-state index is 12.5. The molecule has 0 bridgehead atoms. The summed E-state index contributed by atoms with van der Waals surface area (Å²) in [6.07, 6.45) is 5.87. The number of carbonyl (C=O) groups is 1. The van der Waals surface area contributed by atoms with E-state index >= 15 is 0 Å². The summed E-state index contributed by atoms with van der Waals surface area (Å²) in [5.41, 5.74) is 1.14. The van der Waals surface area contributed by atoms with E-state index in [1.807, 2.05) is 30.3 Å².